The average molecular weight is 329 g/mol. The molecule has 0 saturated carbocycles. The quantitative estimate of drug-likeness (QED) is 0.752. The number of carboxylic acid groups (broad SMARTS) is 1. The summed E-state index contributed by atoms with van der Waals surface area (Å²) >= 11 is 1.43. The monoisotopic (exact) mass is 329 g/mol. The van der Waals surface area contributed by atoms with Crippen LogP contribution in [-0.4, -0.2) is 25.8 Å². The van der Waals surface area contributed by atoms with Crippen LogP contribution in [0.3, 0.4) is 0 Å². The summed E-state index contributed by atoms with van der Waals surface area (Å²) in [6, 6.07) is 7.61. The minimum Gasteiger partial charge on any atom is -0.489 e. The van der Waals surface area contributed by atoms with Crippen LogP contribution in [0.4, 0.5) is 0 Å². The van der Waals surface area contributed by atoms with Crippen molar-refractivity contribution in [3.63, 3.8) is 0 Å². The molecule has 1 N–H and O–H groups in total. The largest absolute Gasteiger partial charge is 0.489 e. The summed E-state index contributed by atoms with van der Waals surface area (Å²) in [6.07, 6.45) is 3.61. The van der Waals surface area contributed by atoms with Gasteiger partial charge in [0.05, 0.1) is 18.3 Å². The Morgan fingerprint density at radius 3 is 3.04 bits per heavy atom. The van der Waals surface area contributed by atoms with E-state index < -0.39 is 5.97 Å². The molecule has 1 aromatic carbocycles. The number of carboxylic acids is 1. The first-order valence-electron chi connectivity index (χ1n) is 6.97. The van der Waals surface area contributed by atoms with E-state index in [9.17, 15) is 4.79 Å². The highest BCUT2D eigenvalue weighted by molar-refractivity contribution is 7.13. The van der Waals surface area contributed by atoms with E-state index in [-0.39, 0.29) is 6.42 Å². The maximum absolute atomic E-state index is 10.7. The lowest BCUT2D eigenvalue weighted by atomic mass is 10.2. The Morgan fingerprint density at radius 1 is 1.43 bits per heavy atom. The molecule has 2 heterocycles. The zero-order valence-electron chi connectivity index (χ0n) is 12.5. The molecule has 7 heteroatoms. The second kappa shape index (κ2) is 6.62. The van der Waals surface area contributed by atoms with Crippen molar-refractivity contribution < 1.29 is 14.6 Å². The number of nitrogens with zero attached hydrogens (tertiary/aromatic N) is 3. The fourth-order valence-corrected chi connectivity index (χ4v) is 2.92. The van der Waals surface area contributed by atoms with Gasteiger partial charge in [0.1, 0.15) is 17.4 Å². The lowest BCUT2D eigenvalue weighted by Gasteiger charge is -2.05. The molecule has 0 bridgehead atoms. The zero-order chi connectivity index (χ0) is 16.2. The van der Waals surface area contributed by atoms with Crippen molar-refractivity contribution in [2.75, 3.05) is 0 Å². The molecule has 0 saturated heterocycles. The van der Waals surface area contributed by atoms with Crippen LogP contribution in [0.1, 0.15) is 11.3 Å². The number of hydrogen-bond donors (Lipinski definition) is 1. The fourth-order valence-electron chi connectivity index (χ4n) is 2.11. The number of rotatable bonds is 6. The maximum atomic E-state index is 10.7. The fraction of sp³-hybridized carbons (Fsp3) is 0.188. The Labute approximate surface area is 137 Å². The summed E-state index contributed by atoms with van der Waals surface area (Å²) < 4.78 is 7.50. The minimum atomic E-state index is -0.879. The Morgan fingerprint density at radius 2 is 2.30 bits per heavy atom. The van der Waals surface area contributed by atoms with E-state index in [0.717, 1.165) is 21.9 Å². The summed E-state index contributed by atoms with van der Waals surface area (Å²) in [6.45, 7) is 0.444. The molecular weight excluding hydrogens is 314 g/mol. The predicted molar refractivity (Wildman–Crippen MR) is 86.4 cm³/mol. The van der Waals surface area contributed by atoms with Gasteiger partial charge in [-0.05, 0) is 12.1 Å². The van der Waals surface area contributed by atoms with Gasteiger partial charge in [-0.1, -0.05) is 12.1 Å². The van der Waals surface area contributed by atoms with Gasteiger partial charge in [0.15, 0.2) is 0 Å². The molecule has 0 aliphatic carbocycles. The van der Waals surface area contributed by atoms with Crippen molar-refractivity contribution in [1.29, 1.82) is 0 Å². The van der Waals surface area contributed by atoms with E-state index in [4.69, 9.17) is 9.84 Å². The third-order valence-electron chi connectivity index (χ3n) is 3.13. The molecule has 2 aromatic heterocycles. The van der Waals surface area contributed by atoms with Gasteiger partial charge in [0.2, 0.25) is 0 Å². The molecule has 0 atom stereocenters. The standard InChI is InChI=1S/C16H15N3O3S/c1-19-8-11(7-17-19)9-22-14-4-2-3-12(5-14)16-18-13(10-23-16)6-15(20)21/h2-5,7-8,10H,6,9H2,1H3,(H,20,21). The average Bonchev–Trinajstić information content (AvgIpc) is 3.14. The molecule has 0 radical (unpaired) electrons. The van der Waals surface area contributed by atoms with Crippen LogP contribution >= 0.6 is 11.3 Å². The molecule has 0 spiro atoms. The molecule has 0 aliphatic heterocycles. The molecule has 118 valence electrons. The number of aryl methyl sites for hydroxylation is 1. The number of aliphatic carboxylic acids is 1. The van der Waals surface area contributed by atoms with Crippen LogP contribution < -0.4 is 4.74 Å². The third-order valence-corrected chi connectivity index (χ3v) is 4.07. The minimum absolute atomic E-state index is 0.0618. The van der Waals surface area contributed by atoms with Gasteiger partial charge in [-0.3, -0.25) is 9.48 Å². The number of benzene rings is 1. The second-order valence-corrected chi connectivity index (χ2v) is 5.91. The Bertz CT molecular complexity index is 825. The van der Waals surface area contributed by atoms with Crippen molar-refractivity contribution >= 4 is 17.3 Å². The SMILES string of the molecule is Cn1cc(COc2cccc(-c3nc(CC(=O)O)cs3)c2)cn1. The Hall–Kier alpha value is -2.67. The molecule has 0 aliphatic rings. The molecule has 3 rings (SSSR count). The Balaban J connectivity index is 1.71. The van der Waals surface area contributed by atoms with Crippen LogP contribution in [-0.2, 0) is 24.9 Å². The molecule has 0 unspecified atom stereocenters. The van der Waals surface area contributed by atoms with Gasteiger partial charge >= 0.3 is 5.97 Å². The summed E-state index contributed by atoms with van der Waals surface area (Å²) in [4.78, 5) is 15.1. The number of aromatic nitrogens is 3. The molecule has 0 fully saturated rings. The number of hydrogen-bond acceptors (Lipinski definition) is 5. The molecule has 23 heavy (non-hydrogen) atoms. The van der Waals surface area contributed by atoms with Crippen LogP contribution in [0.2, 0.25) is 0 Å². The summed E-state index contributed by atoms with van der Waals surface area (Å²) in [5, 5.41) is 15.5. The molecule has 6 nitrogen and oxygen atoms in total. The summed E-state index contributed by atoms with van der Waals surface area (Å²) in [5.41, 5.74) is 2.48. The van der Waals surface area contributed by atoms with Crippen molar-refractivity contribution in [2.24, 2.45) is 7.05 Å². The van der Waals surface area contributed by atoms with Crippen LogP contribution in [0.15, 0.2) is 42.0 Å². The van der Waals surface area contributed by atoms with Gasteiger partial charge in [-0.15, -0.1) is 11.3 Å². The highest BCUT2D eigenvalue weighted by atomic mass is 32.1. The van der Waals surface area contributed by atoms with Crippen LogP contribution in [0.5, 0.6) is 5.75 Å². The highest BCUT2D eigenvalue weighted by Gasteiger charge is 2.09. The second-order valence-electron chi connectivity index (χ2n) is 5.05. The first-order valence-corrected chi connectivity index (χ1v) is 7.85. The van der Waals surface area contributed by atoms with E-state index in [0.29, 0.717) is 12.3 Å². The summed E-state index contributed by atoms with van der Waals surface area (Å²) in [7, 11) is 1.86. The smallest absolute Gasteiger partial charge is 0.309 e. The van der Waals surface area contributed by atoms with Gasteiger partial charge in [0.25, 0.3) is 0 Å². The normalized spacial score (nSPS) is 10.7. The predicted octanol–water partition coefficient (Wildman–Crippen LogP) is 2.75. The van der Waals surface area contributed by atoms with E-state index >= 15 is 0 Å². The van der Waals surface area contributed by atoms with Gasteiger partial charge in [-0.2, -0.15) is 5.10 Å². The first kappa shape index (κ1) is 15.2. The Kier molecular flexibility index (Phi) is 4.38. The van der Waals surface area contributed by atoms with Crippen molar-refractivity contribution in [3.05, 3.63) is 53.3 Å². The van der Waals surface area contributed by atoms with Crippen molar-refractivity contribution in [1.82, 2.24) is 14.8 Å². The van der Waals surface area contributed by atoms with Crippen molar-refractivity contribution in [2.45, 2.75) is 13.0 Å². The number of thiazole rings is 1. The van der Waals surface area contributed by atoms with Gasteiger partial charge < -0.3 is 9.84 Å². The van der Waals surface area contributed by atoms with Crippen LogP contribution in [0, 0.1) is 0 Å². The first-order chi connectivity index (χ1) is 11.1. The molecule has 3 aromatic rings. The van der Waals surface area contributed by atoms with Crippen LogP contribution in [0.25, 0.3) is 10.6 Å². The lowest BCUT2D eigenvalue weighted by molar-refractivity contribution is -0.136. The van der Waals surface area contributed by atoms with Gasteiger partial charge in [-0.25, -0.2) is 4.98 Å². The van der Waals surface area contributed by atoms with E-state index in [1.165, 1.54) is 11.3 Å². The molecule has 0 amide bonds. The molecular formula is C16H15N3O3S. The lowest BCUT2D eigenvalue weighted by Crippen LogP contribution is -1.99. The van der Waals surface area contributed by atoms with E-state index in [1.807, 2.05) is 37.5 Å². The topological polar surface area (TPSA) is 77.2 Å². The van der Waals surface area contributed by atoms with Crippen molar-refractivity contribution in [3.8, 4) is 16.3 Å². The number of carbonyl (C=O) groups is 1. The highest BCUT2D eigenvalue weighted by Crippen LogP contribution is 2.27. The summed E-state index contributed by atoms with van der Waals surface area (Å²) in [5.74, 6) is -0.142. The number of ether oxygens (including phenoxy) is 1. The third kappa shape index (κ3) is 3.95. The maximum Gasteiger partial charge on any atom is 0.309 e. The van der Waals surface area contributed by atoms with E-state index in [1.54, 1.807) is 16.3 Å². The van der Waals surface area contributed by atoms with E-state index in [2.05, 4.69) is 10.1 Å². The van der Waals surface area contributed by atoms with Gasteiger partial charge in [0, 0.05) is 29.8 Å². The zero-order valence-corrected chi connectivity index (χ0v) is 13.3.